The van der Waals surface area contributed by atoms with Crippen LogP contribution < -0.4 is 10.1 Å². The summed E-state index contributed by atoms with van der Waals surface area (Å²) in [4.78, 5) is 16.5. The second kappa shape index (κ2) is 9.36. The van der Waals surface area contributed by atoms with Gasteiger partial charge in [0.05, 0.1) is 13.7 Å². The van der Waals surface area contributed by atoms with Crippen LogP contribution in [0.3, 0.4) is 0 Å². The zero-order chi connectivity index (χ0) is 18.2. The molecule has 6 heteroatoms. The minimum Gasteiger partial charge on any atom is -0.497 e. The summed E-state index contributed by atoms with van der Waals surface area (Å²) >= 11 is 0. The molecule has 1 aromatic heterocycles. The number of aromatic nitrogens is 3. The number of carbonyl (C=O) groups excluding carboxylic acids is 1. The number of benzene rings is 1. The van der Waals surface area contributed by atoms with Crippen molar-refractivity contribution in [2.45, 2.75) is 57.9 Å². The number of hydrogen-bond donors (Lipinski definition) is 2. The van der Waals surface area contributed by atoms with E-state index >= 15 is 0 Å². The molecular formula is C20H28N4O2. The Morgan fingerprint density at radius 3 is 2.73 bits per heavy atom. The van der Waals surface area contributed by atoms with Crippen LogP contribution in [0.15, 0.2) is 24.3 Å². The van der Waals surface area contributed by atoms with Crippen LogP contribution in [0.1, 0.15) is 57.2 Å². The van der Waals surface area contributed by atoms with Crippen molar-refractivity contribution in [3.63, 3.8) is 0 Å². The zero-order valence-corrected chi connectivity index (χ0v) is 15.5. The first-order valence-electron chi connectivity index (χ1n) is 9.57. The third kappa shape index (κ3) is 5.31. The number of amides is 1. The Kier molecular flexibility index (Phi) is 6.63. The minimum atomic E-state index is 0.0863. The van der Waals surface area contributed by atoms with Gasteiger partial charge in [-0.15, -0.1) is 0 Å². The molecule has 1 amide bonds. The van der Waals surface area contributed by atoms with Crippen LogP contribution in [0.4, 0.5) is 0 Å². The molecular weight excluding hydrogens is 328 g/mol. The van der Waals surface area contributed by atoms with E-state index in [1.807, 2.05) is 24.3 Å². The van der Waals surface area contributed by atoms with E-state index in [-0.39, 0.29) is 5.91 Å². The lowest BCUT2D eigenvalue weighted by atomic mass is 9.86. The standard InChI is InChI=1S/C20H28N4O2/c1-26-17-12-10-16(11-13-17)20-22-18(23-24-20)14-21-19(25)9-5-8-15-6-3-2-4-7-15/h10-13,15H,2-9,14H2,1H3,(H,21,25)(H,22,23,24). The van der Waals surface area contributed by atoms with Crippen molar-refractivity contribution in [1.82, 2.24) is 20.5 Å². The average molecular weight is 356 g/mol. The number of aromatic amines is 1. The highest BCUT2D eigenvalue weighted by Crippen LogP contribution is 2.27. The van der Waals surface area contributed by atoms with Crippen LogP contribution in [0.2, 0.25) is 0 Å². The molecule has 1 aromatic carbocycles. The van der Waals surface area contributed by atoms with Crippen molar-refractivity contribution in [2.24, 2.45) is 5.92 Å². The topological polar surface area (TPSA) is 79.9 Å². The number of H-pyrrole nitrogens is 1. The minimum absolute atomic E-state index is 0.0863. The maximum atomic E-state index is 12.0. The highest BCUT2D eigenvalue weighted by molar-refractivity contribution is 5.75. The third-order valence-electron chi connectivity index (χ3n) is 5.07. The second-order valence-electron chi connectivity index (χ2n) is 7.01. The number of carbonyl (C=O) groups is 1. The van der Waals surface area contributed by atoms with E-state index in [0.717, 1.165) is 23.7 Å². The molecule has 1 heterocycles. The Morgan fingerprint density at radius 2 is 2.00 bits per heavy atom. The Labute approximate surface area is 154 Å². The van der Waals surface area contributed by atoms with E-state index in [4.69, 9.17) is 4.74 Å². The highest BCUT2D eigenvalue weighted by Gasteiger charge is 2.14. The van der Waals surface area contributed by atoms with E-state index in [0.29, 0.717) is 24.6 Å². The molecule has 0 unspecified atom stereocenters. The molecule has 0 atom stereocenters. The Morgan fingerprint density at radius 1 is 1.23 bits per heavy atom. The van der Waals surface area contributed by atoms with Gasteiger partial charge in [-0.2, -0.15) is 5.10 Å². The largest absolute Gasteiger partial charge is 0.497 e. The highest BCUT2D eigenvalue weighted by atomic mass is 16.5. The molecule has 1 fully saturated rings. The molecule has 1 saturated carbocycles. The fourth-order valence-corrected chi connectivity index (χ4v) is 3.54. The number of ether oxygens (including phenoxy) is 1. The summed E-state index contributed by atoms with van der Waals surface area (Å²) in [5.74, 6) is 3.00. The summed E-state index contributed by atoms with van der Waals surface area (Å²) in [5, 5.41) is 10.0. The van der Waals surface area contributed by atoms with E-state index in [2.05, 4.69) is 20.5 Å². The van der Waals surface area contributed by atoms with Gasteiger partial charge in [-0.1, -0.05) is 32.1 Å². The number of nitrogens with zero attached hydrogens (tertiary/aromatic N) is 2. The molecule has 2 aromatic rings. The van der Waals surface area contributed by atoms with Crippen molar-refractivity contribution in [3.8, 4) is 17.1 Å². The molecule has 3 rings (SSSR count). The van der Waals surface area contributed by atoms with Gasteiger partial charge in [0.1, 0.15) is 11.6 Å². The third-order valence-corrected chi connectivity index (χ3v) is 5.07. The smallest absolute Gasteiger partial charge is 0.220 e. The van der Waals surface area contributed by atoms with Crippen molar-refractivity contribution >= 4 is 5.91 Å². The van der Waals surface area contributed by atoms with E-state index in [1.54, 1.807) is 7.11 Å². The van der Waals surface area contributed by atoms with Gasteiger partial charge in [0.15, 0.2) is 5.82 Å². The van der Waals surface area contributed by atoms with Crippen molar-refractivity contribution < 1.29 is 9.53 Å². The molecule has 0 spiro atoms. The summed E-state index contributed by atoms with van der Waals surface area (Å²) in [6, 6.07) is 7.57. The summed E-state index contributed by atoms with van der Waals surface area (Å²) < 4.78 is 5.15. The zero-order valence-electron chi connectivity index (χ0n) is 15.5. The van der Waals surface area contributed by atoms with Gasteiger partial charge in [-0.05, 0) is 43.0 Å². The molecule has 1 aliphatic carbocycles. The quantitative estimate of drug-likeness (QED) is 0.753. The Balaban J connectivity index is 1.40. The van der Waals surface area contributed by atoms with Gasteiger partial charge < -0.3 is 10.1 Å². The lowest BCUT2D eigenvalue weighted by Crippen LogP contribution is -2.23. The van der Waals surface area contributed by atoms with Crippen molar-refractivity contribution in [3.05, 3.63) is 30.1 Å². The lowest BCUT2D eigenvalue weighted by molar-refractivity contribution is -0.121. The van der Waals surface area contributed by atoms with E-state index in [9.17, 15) is 4.79 Å². The average Bonchev–Trinajstić information content (AvgIpc) is 3.16. The van der Waals surface area contributed by atoms with E-state index < -0.39 is 0 Å². The van der Waals surface area contributed by atoms with Gasteiger partial charge >= 0.3 is 0 Å². The number of hydrogen-bond acceptors (Lipinski definition) is 4. The summed E-state index contributed by atoms with van der Waals surface area (Å²) in [7, 11) is 1.64. The fraction of sp³-hybridized carbons (Fsp3) is 0.550. The maximum absolute atomic E-state index is 12.0. The molecule has 0 saturated heterocycles. The van der Waals surface area contributed by atoms with Gasteiger partial charge in [-0.25, -0.2) is 4.98 Å². The monoisotopic (exact) mass is 356 g/mol. The maximum Gasteiger partial charge on any atom is 0.220 e. The van der Waals surface area contributed by atoms with Crippen LogP contribution in [-0.2, 0) is 11.3 Å². The van der Waals surface area contributed by atoms with Crippen LogP contribution in [0.5, 0.6) is 5.75 Å². The van der Waals surface area contributed by atoms with Crippen LogP contribution in [0, 0.1) is 5.92 Å². The predicted molar refractivity (Wildman–Crippen MR) is 101 cm³/mol. The normalized spacial score (nSPS) is 15.0. The molecule has 26 heavy (non-hydrogen) atoms. The van der Waals surface area contributed by atoms with Gasteiger partial charge in [0.2, 0.25) is 5.91 Å². The van der Waals surface area contributed by atoms with Crippen molar-refractivity contribution in [2.75, 3.05) is 7.11 Å². The second-order valence-corrected chi connectivity index (χ2v) is 7.01. The molecule has 0 radical (unpaired) electrons. The van der Waals surface area contributed by atoms with Crippen LogP contribution in [-0.4, -0.2) is 28.2 Å². The first-order chi connectivity index (χ1) is 12.7. The number of nitrogens with one attached hydrogen (secondary N) is 2. The molecule has 6 nitrogen and oxygen atoms in total. The molecule has 140 valence electrons. The number of methoxy groups -OCH3 is 1. The summed E-state index contributed by atoms with van der Waals surface area (Å²) in [6.07, 6.45) is 9.53. The molecule has 2 N–H and O–H groups in total. The first-order valence-corrected chi connectivity index (χ1v) is 9.57. The lowest BCUT2D eigenvalue weighted by Gasteiger charge is -2.21. The fourth-order valence-electron chi connectivity index (χ4n) is 3.54. The van der Waals surface area contributed by atoms with Crippen molar-refractivity contribution in [1.29, 1.82) is 0 Å². The summed E-state index contributed by atoms with van der Waals surface area (Å²) in [6.45, 7) is 0.380. The summed E-state index contributed by atoms with van der Waals surface area (Å²) in [5.41, 5.74) is 0.909. The Hall–Kier alpha value is -2.37. The van der Waals surface area contributed by atoms with Gasteiger partial charge in [0.25, 0.3) is 0 Å². The van der Waals surface area contributed by atoms with Crippen LogP contribution >= 0.6 is 0 Å². The van der Waals surface area contributed by atoms with Gasteiger partial charge in [0, 0.05) is 12.0 Å². The Bertz CT molecular complexity index is 690. The number of rotatable bonds is 8. The van der Waals surface area contributed by atoms with Gasteiger partial charge in [-0.3, -0.25) is 9.89 Å². The molecule has 0 bridgehead atoms. The first kappa shape index (κ1) is 18.4. The predicted octanol–water partition coefficient (Wildman–Crippen LogP) is 3.85. The van der Waals surface area contributed by atoms with E-state index in [1.165, 1.54) is 38.5 Å². The van der Waals surface area contributed by atoms with Crippen LogP contribution in [0.25, 0.3) is 11.4 Å². The molecule has 1 aliphatic rings. The molecule has 0 aliphatic heterocycles. The SMILES string of the molecule is COc1ccc(-c2n[nH]c(CNC(=O)CCCC3CCCCC3)n2)cc1.